The molecule has 1 aromatic rings. The molecule has 5 nitrogen and oxygen atoms in total. The van der Waals surface area contributed by atoms with E-state index in [9.17, 15) is 4.79 Å². The first kappa shape index (κ1) is 8.19. The van der Waals surface area contributed by atoms with Crippen LogP contribution in [0.5, 0.6) is 0 Å². The zero-order chi connectivity index (χ0) is 8.81. The Morgan fingerprint density at radius 3 is 3.00 bits per heavy atom. The van der Waals surface area contributed by atoms with E-state index in [0.717, 1.165) is 0 Å². The van der Waals surface area contributed by atoms with Crippen LogP contribution in [0.4, 0.5) is 0 Å². The normalized spacial score (nSPS) is 8.67. The van der Waals surface area contributed by atoms with Crippen molar-refractivity contribution in [3.05, 3.63) is 36.2 Å². The smallest absolute Gasteiger partial charge is 0.374 e. The van der Waals surface area contributed by atoms with Crippen molar-refractivity contribution in [1.29, 1.82) is 0 Å². The zero-order valence-corrected chi connectivity index (χ0v) is 6.04. The fourth-order valence-corrected chi connectivity index (χ4v) is 0.531. The van der Waals surface area contributed by atoms with Gasteiger partial charge in [-0.3, -0.25) is 0 Å². The van der Waals surface area contributed by atoms with Gasteiger partial charge in [-0.2, -0.15) is 0 Å². The fraction of sp³-hybridized carbons (Fsp3) is 0. The van der Waals surface area contributed by atoms with Crippen LogP contribution < -0.4 is 0 Å². The number of aromatic nitrogens is 2. The van der Waals surface area contributed by atoms with Crippen LogP contribution in [-0.2, 0) is 0 Å². The van der Waals surface area contributed by atoms with Crippen LogP contribution in [-0.4, -0.2) is 21.4 Å². The summed E-state index contributed by atoms with van der Waals surface area (Å²) in [4.78, 5) is 10.4. The number of carboxylic acids is 1. The maximum atomic E-state index is 10.4. The predicted molar refractivity (Wildman–Crippen MR) is 38.9 cm³/mol. The summed E-state index contributed by atoms with van der Waals surface area (Å²) >= 11 is 0. The molecule has 5 heteroatoms. The lowest BCUT2D eigenvalue weighted by atomic mass is 10.4. The molecule has 1 rings (SSSR count). The van der Waals surface area contributed by atoms with Gasteiger partial charge in [0.05, 0.1) is 6.20 Å². The standard InChI is InChI=1S/C7H6N2O3/c10-7(11)6-4-2-1-3-5-8-9-12-6/h1-5H,(H,10,11). The van der Waals surface area contributed by atoms with Crippen LogP contribution in [0.3, 0.4) is 0 Å². The Kier molecular flexibility index (Phi) is 2.78. The molecule has 12 heavy (non-hydrogen) atoms. The molecule has 1 aromatic heterocycles. The summed E-state index contributed by atoms with van der Waals surface area (Å²) < 4.78 is 4.44. The Hall–Kier alpha value is -1.91. The molecule has 0 aliphatic heterocycles. The second kappa shape index (κ2) is 4.07. The van der Waals surface area contributed by atoms with Crippen molar-refractivity contribution in [3.8, 4) is 0 Å². The largest absolute Gasteiger partial charge is 0.475 e. The van der Waals surface area contributed by atoms with Crippen LogP contribution >= 0.6 is 0 Å². The van der Waals surface area contributed by atoms with E-state index in [-0.39, 0.29) is 5.76 Å². The molecular weight excluding hydrogens is 160 g/mol. The van der Waals surface area contributed by atoms with Crippen LogP contribution in [0.2, 0.25) is 0 Å². The topological polar surface area (TPSA) is 76.2 Å². The van der Waals surface area contributed by atoms with Gasteiger partial charge in [0, 0.05) is 5.27 Å². The number of hydrogen-bond acceptors (Lipinski definition) is 4. The first-order valence-corrected chi connectivity index (χ1v) is 3.14. The first-order chi connectivity index (χ1) is 5.80. The highest BCUT2D eigenvalue weighted by molar-refractivity contribution is 5.83. The van der Waals surface area contributed by atoms with Gasteiger partial charge in [-0.15, -0.1) is 5.10 Å². The second-order valence-corrected chi connectivity index (χ2v) is 1.85. The third-order valence-corrected chi connectivity index (χ3v) is 1.02. The lowest BCUT2D eigenvalue weighted by Gasteiger charge is -1.82. The average molecular weight is 166 g/mol. The lowest BCUT2D eigenvalue weighted by molar-refractivity contribution is 0.0644. The molecule has 0 amide bonds. The molecule has 0 saturated carbocycles. The van der Waals surface area contributed by atoms with Gasteiger partial charge in [-0.25, -0.2) is 4.79 Å². The Bertz CT molecular complexity index is 296. The maximum Gasteiger partial charge on any atom is 0.374 e. The van der Waals surface area contributed by atoms with Crippen molar-refractivity contribution >= 4 is 5.97 Å². The van der Waals surface area contributed by atoms with E-state index in [4.69, 9.17) is 5.11 Å². The third kappa shape index (κ3) is 2.37. The molecule has 1 N–H and O–H groups in total. The van der Waals surface area contributed by atoms with E-state index in [1.165, 1.54) is 18.3 Å². The number of rotatable bonds is 1. The summed E-state index contributed by atoms with van der Waals surface area (Å²) in [6.45, 7) is 0. The average Bonchev–Trinajstić information content (AvgIpc) is 2.15. The van der Waals surface area contributed by atoms with Gasteiger partial charge in [0.25, 0.3) is 0 Å². The van der Waals surface area contributed by atoms with Crippen LogP contribution in [0, 0.1) is 0 Å². The van der Waals surface area contributed by atoms with Gasteiger partial charge in [0.15, 0.2) is 0 Å². The number of aromatic carboxylic acids is 1. The van der Waals surface area contributed by atoms with Gasteiger partial charge >= 0.3 is 5.97 Å². The van der Waals surface area contributed by atoms with E-state index in [0.29, 0.717) is 0 Å². The minimum absolute atomic E-state index is 0.265. The van der Waals surface area contributed by atoms with Crippen molar-refractivity contribution in [3.63, 3.8) is 0 Å². The zero-order valence-electron chi connectivity index (χ0n) is 6.04. The quantitative estimate of drug-likeness (QED) is 0.670. The molecule has 0 aliphatic rings. The highest BCUT2D eigenvalue weighted by Crippen LogP contribution is 1.90. The van der Waals surface area contributed by atoms with Gasteiger partial charge < -0.3 is 9.63 Å². The van der Waals surface area contributed by atoms with Crippen molar-refractivity contribution < 1.29 is 14.4 Å². The van der Waals surface area contributed by atoms with Crippen molar-refractivity contribution in [2.75, 3.05) is 0 Å². The highest BCUT2D eigenvalue weighted by Gasteiger charge is 2.01. The fourth-order valence-electron chi connectivity index (χ4n) is 0.531. The van der Waals surface area contributed by atoms with E-state index >= 15 is 0 Å². The summed E-state index contributed by atoms with van der Waals surface area (Å²) in [5.74, 6) is -1.45. The summed E-state index contributed by atoms with van der Waals surface area (Å²) in [7, 11) is 0. The highest BCUT2D eigenvalue weighted by atomic mass is 16.5. The summed E-state index contributed by atoms with van der Waals surface area (Å²) in [5.41, 5.74) is 0. The molecular formula is C7H6N2O3. The van der Waals surface area contributed by atoms with E-state index in [2.05, 4.69) is 14.9 Å². The molecule has 0 aromatic carbocycles. The maximum absolute atomic E-state index is 10.4. The molecule has 62 valence electrons. The molecule has 0 radical (unpaired) electrons. The van der Waals surface area contributed by atoms with Crippen LogP contribution in [0.15, 0.2) is 35.0 Å². The molecule has 0 fully saturated rings. The van der Waals surface area contributed by atoms with Crippen molar-refractivity contribution in [2.45, 2.75) is 0 Å². The Balaban J connectivity index is 3.19. The SMILES string of the molecule is O=C(O)c1cccccnno1. The summed E-state index contributed by atoms with van der Waals surface area (Å²) in [6, 6.07) is 6.04. The molecule has 1 heterocycles. The Morgan fingerprint density at radius 1 is 1.42 bits per heavy atom. The van der Waals surface area contributed by atoms with Crippen molar-refractivity contribution in [2.24, 2.45) is 0 Å². The minimum atomic E-state index is -1.18. The van der Waals surface area contributed by atoms with Crippen LogP contribution in [0.25, 0.3) is 0 Å². The minimum Gasteiger partial charge on any atom is -0.475 e. The number of nitrogens with zero attached hydrogens (tertiary/aromatic N) is 2. The Labute approximate surface area is 67.9 Å². The van der Waals surface area contributed by atoms with E-state index < -0.39 is 5.97 Å². The number of carboxylic acid groups (broad SMARTS) is 1. The predicted octanol–water partition coefficient (Wildman–Crippen LogP) is 0.892. The number of hydrogen-bond donors (Lipinski definition) is 1. The first-order valence-electron chi connectivity index (χ1n) is 3.14. The molecule has 0 spiro atoms. The van der Waals surface area contributed by atoms with Gasteiger partial charge in [-0.1, -0.05) is 12.1 Å². The molecule has 0 saturated heterocycles. The lowest BCUT2D eigenvalue weighted by Crippen LogP contribution is -1.94. The van der Waals surface area contributed by atoms with Gasteiger partial charge in [-0.05, 0) is 12.1 Å². The monoisotopic (exact) mass is 166 g/mol. The van der Waals surface area contributed by atoms with E-state index in [1.54, 1.807) is 12.1 Å². The van der Waals surface area contributed by atoms with Crippen molar-refractivity contribution in [1.82, 2.24) is 10.4 Å². The number of carbonyl (C=O) groups is 1. The molecule has 0 aliphatic carbocycles. The van der Waals surface area contributed by atoms with Gasteiger partial charge in [0.1, 0.15) is 0 Å². The second-order valence-electron chi connectivity index (χ2n) is 1.85. The summed E-state index contributed by atoms with van der Waals surface area (Å²) in [6.07, 6.45) is 1.38. The van der Waals surface area contributed by atoms with Crippen LogP contribution in [0.1, 0.15) is 10.6 Å². The van der Waals surface area contributed by atoms with Gasteiger partial charge in [0.2, 0.25) is 5.76 Å². The summed E-state index contributed by atoms with van der Waals surface area (Å²) in [5, 5.41) is 15.0. The molecule has 0 unspecified atom stereocenters. The third-order valence-electron chi connectivity index (χ3n) is 1.02. The Morgan fingerprint density at radius 2 is 2.25 bits per heavy atom. The molecule has 0 atom stereocenters. The molecule has 0 bridgehead atoms. The van der Waals surface area contributed by atoms with E-state index in [1.807, 2.05) is 0 Å².